The van der Waals surface area contributed by atoms with Crippen molar-refractivity contribution in [2.45, 2.75) is 37.8 Å². The van der Waals surface area contributed by atoms with Crippen molar-refractivity contribution in [3.63, 3.8) is 0 Å². The van der Waals surface area contributed by atoms with Crippen molar-refractivity contribution in [2.75, 3.05) is 26.3 Å². The summed E-state index contributed by atoms with van der Waals surface area (Å²) in [6.07, 6.45) is 11.8. The van der Waals surface area contributed by atoms with E-state index in [1.54, 1.807) is 12.4 Å². The Bertz CT molecular complexity index is 672. The first-order chi connectivity index (χ1) is 12.8. The lowest BCUT2D eigenvalue weighted by molar-refractivity contribution is -0.0708. The van der Waals surface area contributed by atoms with Gasteiger partial charge in [-0.05, 0) is 55.4 Å². The van der Waals surface area contributed by atoms with Crippen molar-refractivity contribution in [1.29, 1.82) is 0 Å². The van der Waals surface area contributed by atoms with Gasteiger partial charge in [0.2, 0.25) is 0 Å². The fourth-order valence-corrected chi connectivity index (χ4v) is 4.34. The van der Waals surface area contributed by atoms with Gasteiger partial charge >= 0.3 is 0 Å². The number of pyridine rings is 2. The minimum absolute atomic E-state index is 0.0593. The minimum atomic E-state index is 0.0593. The second-order valence-electron chi connectivity index (χ2n) is 7.36. The van der Waals surface area contributed by atoms with Gasteiger partial charge in [0, 0.05) is 44.8 Å². The van der Waals surface area contributed by atoms with Crippen LogP contribution < -0.4 is 4.74 Å². The van der Waals surface area contributed by atoms with Crippen LogP contribution in [0.2, 0.25) is 0 Å². The number of likely N-dealkylation sites (tertiary alicyclic amines) is 1. The molecule has 0 bridgehead atoms. The average molecular weight is 353 g/mol. The van der Waals surface area contributed by atoms with Crippen molar-refractivity contribution >= 4 is 0 Å². The van der Waals surface area contributed by atoms with Crippen molar-refractivity contribution in [3.05, 3.63) is 54.6 Å². The van der Waals surface area contributed by atoms with E-state index < -0.39 is 0 Å². The lowest BCUT2D eigenvalue weighted by Gasteiger charge is -2.42. The van der Waals surface area contributed by atoms with Crippen LogP contribution >= 0.6 is 0 Å². The Morgan fingerprint density at radius 2 is 1.92 bits per heavy atom. The molecule has 5 heteroatoms. The molecule has 1 spiro atoms. The van der Waals surface area contributed by atoms with Gasteiger partial charge in [0.15, 0.2) is 0 Å². The molecule has 2 aliphatic rings. The first-order valence-corrected chi connectivity index (χ1v) is 9.62. The lowest BCUT2D eigenvalue weighted by atomic mass is 9.78. The number of nitrogens with zero attached hydrogens (tertiary/aromatic N) is 3. The van der Waals surface area contributed by atoms with Gasteiger partial charge in [0.05, 0.1) is 18.4 Å². The lowest BCUT2D eigenvalue weighted by Crippen LogP contribution is -2.47. The third kappa shape index (κ3) is 4.05. The topological polar surface area (TPSA) is 47.5 Å². The SMILES string of the molecule is c1cncc(CN2CCC3(CC2)OCCC3CCOc2cccnc2)c1. The molecule has 138 valence electrons. The van der Waals surface area contributed by atoms with E-state index in [0.717, 1.165) is 64.3 Å². The van der Waals surface area contributed by atoms with Crippen LogP contribution in [0.1, 0.15) is 31.2 Å². The number of rotatable bonds is 6. The maximum Gasteiger partial charge on any atom is 0.137 e. The van der Waals surface area contributed by atoms with E-state index in [4.69, 9.17) is 9.47 Å². The van der Waals surface area contributed by atoms with Crippen molar-refractivity contribution in [2.24, 2.45) is 5.92 Å². The van der Waals surface area contributed by atoms with Gasteiger partial charge < -0.3 is 9.47 Å². The summed E-state index contributed by atoms with van der Waals surface area (Å²) in [5, 5.41) is 0. The largest absolute Gasteiger partial charge is 0.492 e. The number of hydrogen-bond acceptors (Lipinski definition) is 5. The van der Waals surface area contributed by atoms with Crippen LogP contribution in [0.5, 0.6) is 5.75 Å². The van der Waals surface area contributed by atoms with E-state index in [1.165, 1.54) is 5.56 Å². The van der Waals surface area contributed by atoms with Gasteiger partial charge in [-0.3, -0.25) is 14.9 Å². The highest BCUT2D eigenvalue weighted by molar-refractivity contribution is 5.15. The summed E-state index contributed by atoms with van der Waals surface area (Å²) >= 11 is 0. The Hall–Kier alpha value is -1.98. The second-order valence-corrected chi connectivity index (χ2v) is 7.36. The van der Waals surface area contributed by atoms with Gasteiger partial charge in [0.25, 0.3) is 0 Å². The molecule has 0 aliphatic carbocycles. The zero-order valence-corrected chi connectivity index (χ0v) is 15.2. The highest BCUT2D eigenvalue weighted by Crippen LogP contribution is 2.42. The molecule has 5 nitrogen and oxygen atoms in total. The van der Waals surface area contributed by atoms with Gasteiger partial charge in [-0.2, -0.15) is 0 Å². The van der Waals surface area contributed by atoms with Crippen LogP contribution in [0.3, 0.4) is 0 Å². The molecule has 1 unspecified atom stereocenters. The Morgan fingerprint density at radius 1 is 1.12 bits per heavy atom. The molecule has 2 aliphatic heterocycles. The fraction of sp³-hybridized carbons (Fsp3) is 0.524. The summed E-state index contributed by atoms with van der Waals surface area (Å²) in [4.78, 5) is 10.8. The number of piperidine rings is 1. The predicted molar refractivity (Wildman–Crippen MR) is 99.9 cm³/mol. The zero-order valence-electron chi connectivity index (χ0n) is 15.2. The predicted octanol–water partition coefficient (Wildman–Crippen LogP) is 3.32. The van der Waals surface area contributed by atoms with Crippen LogP contribution in [-0.4, -0.2) is 46.8 Å². The molecule has 26 heavy (non-hydrogen) atoms. The van der Waals surface area contributed by atoms with Crippen molar-refractivity contribution < 1.29 is 9.47 Å². The molecule has 2 aromatic rings. The fourth-order valence-electron chi connectivity index (χ4n) is 4.34. The van der Waals surface area contributed by atoms with E-state index in [1.807, 2.05) is 30.6 Å². The number of aromatic nitrogens is 2. The average Bonchev–Trinajstić information content (AvgIpc) is 3.08. The standard InChI is InChI=1S/C21H27N3O2/c1-3-18(15-22-9-1)17-24-11-7-21(8-12-24)19(6-14-26-21)5-13-25-20-4-2-10-23-16-20/h1-4,9-10,15-16,19H,5-8,11-14,17H2. The second kappa shape index (κ2) is 8.14. The first kappa shape index (κ1) is 17.4. The summed E-state index contributed by atoms with van der Waals surface area (Å²) < 4.78 is 12.2. The molecular formula is C21H27N3O2. The summed E-state index contributed by atoms with van der Waals surface area (Å²) in [5.74, 6) is 1.45. The zero-order chi connectivity index (χ0) is 17.7. The van der Waals surface area contributed by atoms with Gasteiger partial charge in [-0.25, -0.2) is 0 Å². The van der Waals surface area contributed by atoms with Crippen molar-refractivity contribution in [3.8, 4) is 5.75 Å². The number of hydrogen-bond donors (Lipinski definition) is 0. The van der Waals surface area contributed by atoms with Crippen LogP contribution in [0, 0.1) is 5.92 Å². The van der Waals surface area contributed by atoms with Crippen molar-refractivity contribution in [1.82, 2.24) is 14.9 Å². The summed E-state index contributed by atoms with van der Waals surface area (Å²) in [6, 6.07) is 8.04. The summed E-state index contributed by atoms with van der Waals surface area (Å²) in [6.45, 7) is 4.80. The van der Waals surface area contributed by atoms with Gasteiger partial charge in [-0.15, -0.1) is 0 Å². The maximum atomic E-state index is 6.29. The molecule has 2 aromatic heterocycles. The van der Waals surface area contributed by atoms with Gasteiger partial charge in [-0.1, -0.05) is 6.07 Å². The Kier molecular flexibility index (Phi) is 5.46. The van der Waals surface area contributed by atoms with E-state index >= 15 is 0 Å². The molecule has 0 radical (unpaired) electrons. The van der Waals surface area contributed by atoms with Crippen LogP contribution in [0.25, 0.3) is 0 Å². The van der Waals surface area contributed by atoms with Crippen LogP contribution in [-0.2, 0) is 11.3 Å². The monoisotopic (exact) mass is 353 g/mol. The third-order valence-corrected chi connectivity index (χ3v) is 5.80. The highest BCUT2D eigenvalue weighted by Gasteiger charge is 2.45. The van der Waals surface area contributed by atoms with E-state index in [9.17, 15) is 0 Å². The highest BCUT2D eigenvalue weighted by atomic mass is 16.5. The minimum Gasteiger partial charge on any atom is -0.492 e. The van der Waals surface area contributed by atoms with E-state index in [2.05, 4.69) is 20.9 Å². The van der Waals surface area contributed by atoms with E-state index in [0.29, 0.717) is 5.92 Å². The van der Waals surface area contributed by atoms with E-state index in [-0.39, 0.29) is 5.60 Å². The molecule has 2 fully saturated rings. The molecule has 0 N–H and O–H groups in total. The smallest absolute Gasteiger partial charge is 0.137 e. The van der Waals surface area contributed by atoms with Crippen LogP contribution in [0.4, 0.5) is 0 Å². The Labute approximate surface area is 155 Å². The molecule has 1 atom stereocenters. The molecule has 4 rings (SSSR count). The molecule has 0 amide bonds. The quantitative estimate of drug-likeness (QED) is 0.797. The maximum absolute atomic E-state index is 6.29. The number of ether oxygens (including phenoxy) is 2. The van der Waals surface area contributed by atoms with Crippen LogP contribution in [0.15, 0.2) is 49.1 Å². The third-order valence-electron chi connectivity index (χ3n) is 5.80. The summed E-state index contributed by atoms with van der Waals surface area (Å²) in [5.41, 5.74) is 1.35. The summed E-state index contributed by atoms with van der Waals surface area (Å²) in [7, 11) is 0. The molecule has 0 aromatic carbocycles. The van der Waals surface area contributed by atoms with Gasteiger partial charge in [0.1, 0.15) is 5.75 Å². The Morgan fingerprint density at radius 3 is 2.65 bits per heavy atom. The molecular weight excluding hydrogens is 326 g/mol. The molecule has 0 saturated carbocycles. The Balaban J connectivity index is 1.28. The normalized spacial score (nSPS) is 22.5. The molecule has 2 saturated heterocycles. The molecule has 4 heterocycles. The first-order valence-electron chi connectivity index (χ1n) is 9.62.